The van der Waals surface area contributed by atoms with Crippen LogP contribution in [0.5, 0.6) is 0 Å². The van der Waals surface area contributed by atoms with Gasteiger partial charge in [-0.05, 0) is 133 Å². The van der Waals surface area contributed by atoms with Gasteiger partial charge in [0.25, 0.3) is 0 Å². The van der Waals surface area contributed by atoms with Crippen molar-refractivity contribution < 1.29 is 0 Å². The molecule has 0 atom stereocenters. The van der Waals surface area contributed by atoms with E-state index in [9.17, 15) is 0 Å². The first-order valence-electron chi connectivity index (χ1n) is 19.3. The maximum Gasteiger partial charge on any atom is 0.0541 e. The number of anilines is 3. The van der Waals surface area contributed by atoms with Crippen LogP contribution < -0.4 is 4.90 Å². The molecule has 0 saturated heterocycles. The summed E-state index contributed by atoms with van der Waals surface area (Å²) in [6.07, 6.45) is 9.09. The minimum atomic E-state index is 1.08. The van der Waals surface area contributed by atoms with Gasteiger partial charge < -0.3 is 14.0 Å². The van der Waals surface area contributed by atoms with Crippen LogP contribution in [0.3, 0.4) is 0 Å². The average molecular weight is 708 g/mol. The second-order valence-corrected chi connectivity index (χ2v) is 14.6. The predicted molar refractivity (Wildman–Crippen MR) is 234 cm³/mol. The lowest BCUT2D eigenvalue weighted by Crippen LogP contribution is -2.10. The van der Waals surface area contributed by atoms with Crippen molar-refractivity contribution >= 4 is 55.5 Å². The van der Waals surface area contributed by atoms with Gasteiger partial charge in [0.15, 0.2) is 0 Å². The van der Waals surface area contributed by atoms with Crippen LogP contribution in [0.2, 0.25) is 0 Å². The van der Waals surface area contributed by atoms with E-state index in [1.54, 1.807) is 0 Å². The van der Waals surface area contributed by atoms with Crippen molar-refractivity contribution in [2.75, 3.05) is 4.90 Å². The Balaban J connectivity index is 1.04. The zero-order valence-electron chi connectivity index (χ0n) is 31.2. The number of para-hydroxylation sites is 2. The van der Waals surface area contributed by atoms with E-state index < -0.39 is 0 Å². The van der Waals surface area contributed by atoms with Crippen molar-refractivity contribution in [3.8, 4) is 27.9 Å². The Kier molecular flexibility index (Phi) is 8.07. The summed E-state index contributed by atoms with van der Waals surface area (Å²) in [5, 5.41) is 3.86. The Labute approximate surface area is 322 Å². The summed E-state index contributed by atoms with van der Waals surface area (Å²) in [6.45, 7) is 4.43. The summed E-state index contributed by atoms with van der Waals surface area (Å²) in [5.74, 6) is 0. The highest BCUT2D eigenvalue weighted by Crippen LogP contribution is 2.40. The highest BCUT2D eigenvalue weighted by molar-refractivity contribution is 6.11. The van der Waals surface area contributed by atoms with Crippen molar-refractivity contribution in [3.05, 3.63) is 199 Å². The van der Waals surface area contributed by atoms with Gasteiger partial charge in [0.1, 0.15) is 0 Å². The molecule has 1 aliphatic rings. The van der Waals surface area contributed by atoms with Crippen molar-refractivity contribution in [1.82, 2.24) is 9.13 Å². The molecule has 0 amide bonds. The van der Waals surface area contributed by atoms with E-state index in [0.29, 0.717) is 0 Å². The van der Waals surface area contributed by atoms with Crippen LogP contribution >= 0.6 is 0 Å². The summed E-state index contributed by atoms with van der Waals surface area (Å²) in [7, 11) is 0. The number of benzene rings is 7. The lowest BCUT2D eigenvalue weighted by atomic mass is 10.0. The summed E-state index contributed by atoms with van der Waals surface area (Å²) in [6, 6.07) is 61.9. The van der Waals surface area contributed by atoms with Crippen LogP contribution in [0, 0.1) is 13.8 Å². The van der Waals surface area contributed by atoms with E-state index >= 15 is 0 Å². The smallest absolute Gasteiger partial charge is 0.0541 e. The number of fused-ring (bicyclic) bond motifs is 4. The number of rotatable bonds is 7. The minimum absolute atomic E-state index is 1.08. The summed E-state index contributed by atoms with van der Waals surface area (Å²) in [5.41, 5.74) is 16.9. The molecule has 0 bridgehead atoms. The van der Waals surface area contributed by atoms with Crippen LogP contribution in [0.15, 0.2) is 188 Å². The topological polar surface area (TPSA) is 13.1 Å². The van der Waals surface area contributed by atoms with Gasteiger partial charge in [-0.1, -0.05) is 109 Å². The fraction of sp³-hybridized carbons (Fsp3) is 0.0769. The molecule has 264 valence electrons. The number of aromatic nitrogens is 2. The molecule has 2 heterocycles. The van der Waals surface area contributed by atoms with Gasteiger partial charge >= 0.3 is 0 Å². The normalized spacial score (nSPS) is 12.8. The number of nitrogens with zero attached hydrogens (tertiary/aromatic N) is 3. The van der Waals surface area contributed by atoms with Gasteiger partial charge in [0, 0.05) is 50.3 Å². The molecule has 2 aromatic heterocycles. The molecule has 0 radical (unpaired) electrons. The van der Waals surface area contributed by atoms with Crippen LogP contribution in [-0.4, -0.2) is 9.13 Å². The Bertz CT molecular complexity index is 2900. The van der Waals surface area contributed by atoms with Crippen LogP contribution in [0.4, 0.5) is 17.1 Å². The summed E-state index contributed by atoms with van der Waals surface area (Å²) in [4.78, 5) is 2.36. The van der Waals surface area contributed by atoms with Gasteiger partial charge in [0.2, 0.25) is 0 Å². The molecule has 3 nitrogen and oxygen atoms in total. The maximum absolute atomic E-state index is 2.42. The number of aryl methyl sites for hydroxylation is 1. The molecule has 55 heavy (non-hydrogen) atoms. The minimum Gasteiger partial charge on any atom is -0.314 e. The fourth-order valence-corrected chi connectivity index (χ4v) is 8.49. The van der Waals surface area contributed by atoms with E-state index in [1.165, 1.54) is 71.9 Å². The molecule has 0 unspecified atom stereocenters. The van der Waals surface area contributed by atoms with Gasteiger partial charge in [-0.2, -0.15) is 0 Å². The third-order valence-electron chi connectivity index (χ3n) is 11.4. The molecule has 0 aliphatic heterocycles. The molecular weight excluding hydrogens is 667 g/mol. The SMILES string of the molecule is Cc1c(C)n(-c2ccc(N(c3ccc(-c4ccccc4)cc3)c3ccc(-c4ccc5c(c4)c4ccccc4n5C4=CCCC=C4)cc3)cc2)c2ccccc12. The van der Waals surface area contributed by atoms with Gasteiger partial charge in [-0.3, -0.25) is 0 Å². The standard InChI is InChI=1S/C52H41N3/c1-36-37(2)53(50-19-11-9-17-47(36)50)43-30-32-46(33-31-43)54(44-26-21-39(22-27-44)38-13-5-3-6-14-38)45-28-23-40(24-29-45)41-25-34-52-49(35-41)48-18-10-12-20-51(48)55(52)42-15-7-4-8-16-42/h3,5-7,9-35H,4,8H2,1-2H3. The van der Waals surface area contributed by atoms with E-state index in [4.69, 9.17) is 0 Å². The largest absolute Gasteiger partial charge is 0.314 e. The molecule has 0 N–H and O–H groups in total. The monoisotopic (exact) mass is 707 g/mol. The van der Waals surface area contributed by atoms with Gasteiger partial charge in [-0.15, -0.1) is 0 Å². The molecule has 0 fully saturated rings. The van der Waals surface area contributed by atoms with Gasteiger partial charge in [-0.25, -0.2) is 0 Å². The number of allylic oxidation sites excluding steroid dienone is 4. The third-order valence-corrected chi connectivity index (χ3v) is 11.4. The Morgan fingerprint density at radius 1 is 0.436 bits per heavy atom. The van der Waals surface area contributed by atoms with Crippen LogP contribution in [-0.2, 0) is 0 Å². The predicted octanol–water partition coefficient (Wildman–Crippen LogP) is 14.3. The summed E-state index contributed by atoms with van der Waals surface area (Å²) >= 11 is 0. The highest BCUT2D eigenvalue weighted by Gasteiger charge is 2.18. The van der Waals surface area contributed by atoms with E-state index in [-0.39, 0.29) is 0 Å². The molecule has 1 aliphatic carbocycles. The molecule has 7 aromatic carbocycles. The second kappa shape index (κ2) is 13.5. The summed E-state index contributed by atoms with van der Waals surface area (Å²) < 4.78 is 4.79. The third kappa shape index (κ3) is 5.68. The Morgan fingerprint density at radius 3 is 1.62 bits per heavy atom. The van der Waals surface area contributed by atoms with Crippen molar-refractivity contribution in [2.45, 2.75) is 26.7 Å². The van der Waals surface area contributed by atoms with Crippen LogP contribution in [0.25, 0.3) is 66.3 Å². The van der Waals surface area contributed by atoms with E-state index in [1.807, 2.05) is 0 Å². The maximum atomic E-state index is 2.42. The average Bonchev–Trinajstić information content (AvgIpc) is 3.72. The van der Waals surface area contributed by atoms with Crippen molar-refractivity contribution in [3.63, 3.8) is 0 Å². The molecule has 3 heteroatoms. The van der Waals surface area contributed by atoms with Crippen molar-refractivity contribution in [1.29, 1.82) is 0 Å². The van der Waals surface area contributed by atoms with E-state index in [2.05, 4.69) is 216 Å². The zero-order chi connectivity index (χ0) is 36.9. The number of hydrogen-bond acceptors (Lipinski definition) is 1. The Hall–Kier alpha value is -6.84. The lowest BCUT2D eigenvalue weighted by Gasteiger charge is -2.26. The van der Waals surface area contributed by atoms with Gasteiger partial charge in [0.05, 0.1) is 16.6 Å². The number of hydrogen-bond donors (Lipinski definition) is 0. The molecule has 0 saturated carbocycles. The van der Waals surface area contributed by atoms with Crippen LogP contribution in [0.1, 0.15) is 24.1 Å². The molecule has 10 rings (SSSR count). The fourth-order valence-electron chi connectivity index (χ4n) is 8.49. The molecule has 0 spiro atoms. The first-order valence-corrected chi connectivity index (χ1v) is 19.3. The molecule has 9 aromatic rings. The molecular formula is C52H41N3. The quantitative estimate of drug-likeness (QED) is 0.161. The highest BCUT2D eigenvalue weighted by atomic mass is 15.1. The van der Waals surface area contributed by atoms with Crippen molar-refractivity contribution in [2.24, 2.45) is 0 Å². The van der Waals surface area contributed by atoms with E-state index in [0.717, 1.165) is 35.6 Å². The zero-order valence-corrected chi connectivity index (χ0v) is 31.2. The first-order chi connectivity index (χ1) is 27.1. The Morgan fingerprint density at radius 2 is 0.964 bits per heavy atom. The first kappa shape index (κ1) is 32.8. The lowest BCUT2D eigenvalue weighted by molar-refractivity contribution is 1.02. The second-order valence-electron chi connectivity index (χ2n) is 14.6.